The fourth-order valence-electron chi connectivity index (χ4n) is 1.68. The van der Waals surface area contributed by atoms with Crippen molar-refractivity contribution < 1.29 is 4.39 Å². The molecule has 0 aliphatic rings. The number of hydrogen-bond donors (Lipinski definition) is 1. The van der Waals surface area contributed by atoms with Gasteiger partial charge in [0.15, 0.2) is 0 Å². The van der Waals surface area contributed by atoms with Crippen LogP contribution in [0.3, 0.4) is 0 Å². The molecule has 0 unspecified atom stereocenters. The summed E-state index contributed by atoms with van der Waals surface area (Å²) in [5, 5.41) is 3.04. The van der Waals surface area contributed by atoms with Gasteiger partial charge in [0.05, 0.1) is 17.6 Å². The van der Waals surface area contributed by atoms with E-state index in [9.17, 15) is 4.39 Å². The van der Waals surface area contributed by atoms with Gasteiger partial charge in [-0.3, -0.25) is 0 Å². The zero-order valence-electron chi connectivity index (χ0n) is 9.13. The average molecular weight is 207 g/mol. The quantitative estimate of drug-likeness (QED) is 0.813. The van der Waals surface area contributed by atoms with Crippen LogP contribution in [-0.2, 0) is 13.6 Å². The van der Waals surface area contributed by atoms with Crippen molar-refractivity contribution in [3.63, 3.8) is 0 Å². The maximum Gasteiger partial charge on any atom is 0.128 e. The average Bonchev–Trinajstić information content (AvgIpc) is 2.47. The van der Waals surface area contributed by atoms with Gasteiger partial charge in [-0.1, -0.05) is 0 Å². The minimum Gasteiger partial charge on any atom is -0.330 e. The zero-order valence-corrected chi connectivity index (χ0v) is 9.13. The van der Waals surface area contributed by atoms with Crippen molar-refractivity contribution in [3.8, 4) is 0 Å². The number of rotatable bonds is 2. The first-order chi connectivity index (χ1) is 7.13. The van der Waals surface area contributed by atoms with Gasteiger partial charge in [-0.05, 0) is 25.6 Å². The Labute approximate surface area is 87.9 Å². The van der Waals surface area contributed by atoms with E-state index in [4.69, 9.17) is 0 Å². The molecule has 1 aromatic heterocycles. The fourth-order valence-corrected chi connectivity index (χ4v) is 1.68. The zero-order chi connectivity index (χ0) is 11.0. The molecule has 0 aliphatic carbocycles. The monoisotopic (exact) mass is 207 g/mol. The van der Waals surface area contributed by atoms with Gasteiger partial charge in [-0.2, -0.15) is 0 Å². The van der Waals surface area contributed by atoms with Gasteiger partial charge in [0, 0.05) is 13.1 Å². The molecule has 0 aliphatic heterocycles. The van der Waals surface area contributed by atoms with E-state index in [2.05, 4.69) is 10.3 Å². The summed E-state index contributed by atoms with van der Waals surface area (Å²) < 4.78 is 15.3. The van der Waals surface area contributed by atoms with Crippen LogP contribution in [0.1, 0.15) is 11.4 Å². The minimum atomic E-state index is -0.179. The maximum atomic E-state index is 13.4. The highest BCUT2D eigenvalue weighted by atomic mass is 19.1. The van der Waals surface area contributed by atoms with Gasteiger partial charge in [0.25, 0.3) is 0 Å². The van der Waals surface area contributed by atoms with Gasteiger partial charge < -0.3 is 9.88 Å². The third kappa shape index (κ3) is 1.61. The first-order valence-electron chi connectivity index (χ1n) is 4.89. The van der Waals surface area contributed by atoms with E-state index in [1.54, 1.807) is 13.0 Å². The molecule has 0 fully saturated rings. The van der Waals surface area contributed by atoms with Crippen LogP contribution < -0.4 is 5.32 Å². The molecule has 3 nitrogen and oxygen atoms in total. The Morgan fingerprint density at radius 3 is 2.87 bits per heavy atom. The van der Waals surface area contributed by atoms with E-state index in [1.807, 2.05) is 18.7 Å². The molecule has 15 heavy (non-hydrogen) atoms. The number of imidazole rings is 1. The molecule has 0 saturated carbocycles. The van der Waals surface area contributed by atoms with E-state index in [1.165, 1.54) is 6.07 Å². The highest BCUT2D eigenvalue weighted by molar-refractivity contribution is 5.77. The number of nitrogens with one attached hydrogen (secondary N) is 1. The second kappa shape index (κ2) is 3.62. The molecular weight excluding hydrogens is 193 g/mol. The van der Waals surface area contributed by atoms with E-state index in [-0.39, 0.29) is 5.82 Å². The Kier molecular flexibility index (Phi) is 2.44. The number of hydrogen-bond acceptors (Lipinski definition) is 2. The van der Waals surface area contributed by atoms with Crippen LogP contribution in [0.5, 0.6) is 0 Å². The van der Waals surface area contributed by atoms with Crippen molar-refractivity contribution >= 4 is 11.0 Å². The Morgan fingerprint density at radius 2 is 2.20 bits per heavy atom. The van der Waals surface area contributed by atoms with Crippen molar-refractivity contribution in [1.29, 1.82) is 0 Å². The summed E-state index contributed by atoms with van der Waals surface area (Å²) in [4.78, 5) is 4.44. The summed E-state index contributed by atoms with van der Waals surface area (Å²) in [5.41, 5.74) is 2.32. The largest absolute Gasteiger partial charge is 0.330 e. The van der Waals surface area contributed by atoms with E-state index >= 15 is 0 Å². The first-order valence-corrected chi connectivity index (χ1v) is 4.89. The topological polar surface area (TPSA) is 29.9 Å². The van der Waals surface area contributed by atoms with E-state index in [0.29, 0.717) is 12.1 Å². The predicted molar refractivity (Wildman–Crippen MR) is 58.2 cm³/mol. The maximum absolute atomic E-state index is 13.4. The van der Waals surface area contributed by atoms with Gasteiger partial charge >= 0.3 is 0 Å². The van der Waals surface area contributed by atoms with Gasteiger partial charge in [-0.25, -0.2) is 9.37 Å². The van der Waals surface area contributed by atoms with Gasteiger partial charge in [0.2, 0.25) is 0 Å². The Morgan fingerprint density at radius 1 is 1.47 bits per heavy atom. The number of halogens is 1. The van der Waals surface area contributed by atoms with E-state index < -0.39 is 0 Å². The molecule has 1 N–H and O–H groups in total. The van der Waals surface area contributed by atoms with Crippen molar-refractivity contribution in [1.82, 2.24) is 14.9 Å². The lowest BCUT2D eigenvalue weighted by Gasteiger charge is -2.01. The molecule has 4 heteroatoms. The second-order valence-corrected chi connectivity index (χ2v) is 3.71. The molecule has 2 rings (SSSR count). The Balaban J connectivity index is 2.66. The summed E-state index contributed by atoms with van der Waals surface area (Å²) in [5.74, 6) is 0.735. The number of aryl methyl sites for hydroxylation is 2. The lowest BCUT2D eigenvalue weighted by Crippen LogP contribution is -2.10. The van der Waals surface area contributed by atoms with Crippen molar-refractivity contribution in [2.75, 3.05) is 7.05 Å². The molecule has 2 aromatic rings. The lowest BCUT2D eigenvalue weighted by atomic mass is 10.2. The summed E-state index contributed by atoms with van der Waals surface area (Å²) in [6.07, 6.45) is 0. The van der Waals surface area contributed by atoms with Crippen molar-refractivity contribution in [2.45, 2.75) is 13.5 Å². The van der Waals surface area contributed by atoms with Crippen LogP contribution in [0.25, 0.3) is 11.0 Å². The summed E-state index contributed by atoms with van der Waals surface area (Å²) in [7, 11) is 3.77. The highest BCUT2D eigenvalue weighted by Gasteiger charge is 2.09. The molecule has 0 radical (unpaired) electrons. The van der Waals surface area contributed by atoms with Gasteiger partial charge in [0.1, 0.15) is 11.6 Å². The van der Waals surface area contributed by atoms with Crippen LogP contribution in [0.4, 0.5) is 4.39 Å². The predicted octanol–water partition coefficient (Wildman–Crippen LogP) is 1.74. The third-order valence-electron chi connectivity index (χ3n) is 2.59. The molecule has 1 aromatic carbocycles. The molecule has 0 spiro atoms. The fraction of sp³-hybridized carbons (Fsp3) is 0.364. The smallest absolute Gasteiger partial charge is 0.128 e. The minimum absolute atomic E-state index is 0.179. The number of benzene rings is 1. The molecule has 1 heterocycles. The van der Waals surface area contributed by atoms with Crippen LogP contribution in [0.2, 0.25) is 0 Å². The lowest BCUT2D eigenvalue weighted by molar-refractivity contribution is 0.619. The molecule has 0 bridgehead atoms. The molecule has 0 atom stereocenters. The van der Waals surface area contributed by atoms with Crippen molar-refractivity contribution in [2.24, 2.45) is 7.05 Å². The molecule has 0 amide bonds. The first kappa shape index (κ1) is 10.1. The molecular formula is C11H14FN3. The summed E-state index contributed by atoms with van der Waals surface area (Å²) >= 11 is 0. The number of fused-ring (bicyclic) bond motifs is 1. The van der Waals surface area contributed by atoms with Crippen LogP contribution in [0, 0.1) is 12.7 Å². The van der Waals surface area contributed by atoms with Gasteiger partial charge in [-0.15, -0.1) is 0 Å². The summed E-state index contributed by atoms with van der Waals surface area (Å²) in [6.45, 7) is 2.44. The molecule has 0 saturated heterocycles. The van der Waals surface area contributed by atoms with Crippen molar-refractivity contribution in [3.05, 3.63) is 29.3 Å². The molecule has 80 valence electrons. The van der Waals surface area contributed by atoms with E-state index in [0.717, 1.165) is 16.9 Å². The Hall–Kier alpha value is -1.42. The number of nitrogens with zero attached hydrogens (tertiary/aromatic N) is 2. The van der Waals surface area contributed by atoms with Crippen LogP contribution in [-0.4, -0.2) is 16.6 Å². The summed E-state index contributed by atoms with van der Waals surface area (Å²) in [6, 6.07) is 3.32. The normalized spacial score (nSPS) is 11.2. The standard InChI is InChI=1S/C11H14FN3/c1-7-4-9-10(5-8(7)12)15(3)11(14-9)6-13-2/h4-5,13H,6H2,1-3H3. The van der Waals surface area contributed by atoms with Crippen LogP contribution in [0.15, 0.2) is 12.1 Å². The van der Waals surface area contributed by atoms with Crippen LogP contribution >= 0.6 is 0 Å². The highest BCUT2D eigenvalue weighted by Crippen LogP contribution is 2.19. The Bertz CT molecular complexity index is 502. The number of aromatic nitrogens is 2. The second-order valence-electron chi connectivity index (χ2n) is 3.71. The SMILES string of the molecule is CNCc1nc2cc(C)c(F)cc2n1C. The third-order valence-corrected chi connectivity index (χ3v) is 2.59.